The number of amides is 1. The summed E-state index contributed by atoms with van der Waals surface area (Å²) in [5.74, 6) is 2.24. The normalized spacial score (nSPS) is 30.5. The van der Waals surface area contributed by atoms with Gasteiger partial charge >= 0.3 is 0 Å². The third-order valence-corrected chi connectivity index (χ3v) is 6.84. The highest BCUT2D eigenvalue weighted by molar-refractivity contribution is 8.04. The molecule has 1 aromatic carbocycles. The largest absolute Gasteiger partial charge is 0.493 e. The maximum atomic E-state index is 12.9. The van der Waals surface area contributed by atoms with Crippen LogP contribution in [0.25, 0.3) is 0 Å². The zero-order valence-electron chi connectivity index (χ0n) is 15.5. The standard InChI is InChI=1S/C20H26N2O3S/c1-4-25-14-8-6-12(10-15(14)24-3)18-21-19(23)17-13-7-5-11(2)9-16(13)26-20(17)22-18/h6,8,10-11,17-18,20,22H,4-5,7,9H2,1-3H3,(H,21,23). The summed E-state index contributed by atoms with van der Waals surface area (Å²) < 4.78 is 11.0. The Kier molecular flexibility index (Phi) is 4.88. The number of nitrogens with one attached hydrogen (secondary N) is 2. The summed E-state index contributed by atoms with van der Waals surface area (Å²) in [5, 5.41) is 6.91. The van der Waals surface area contributed by atoms with Gasteiger partial charge in [-0.3, -0.25) is 10.1 Å². The van der Waals surface area contributed by atoms with Gasteiger partial charge in [-0.2, -0.15) is 0 Å². The van der Waals surface area contributed by atoms with Crippen molar-refractivity contribution < 1.29 is 14.3 Å². The van der Waals surface area contributed by atoms with Gasteiger partial charge in [0.05, 0.1) is 25.0 Å². The maximum absolute atomic E-state index is 12.9. The maximum Gasteiger partial charge on any atom is 0.231 e. The van der Waals surface area contributed by atoms with Crippen LogP contribution in [0.15, 0.2) is 28.7 Å². The Balaban J connectivity index is 1.54. The molecule has 4 atom stereocenters. The van der Waals surface area contributed by atoms with Gasteiger partial charge in [-0.05, 0) is 60.3 Å². The van der Waals surface area contributed by atoms with E-state index in [1.54, 1.807) is 7.11 Å². The summed E-state index contributed by atoms with van der Waals surface area (Å²) in [5.41, 5.74) is 2.35. The van der Waals surface area contributed by atoms with E-state index >= 15 is 0 Å². The van der Waals surface area contributed by atoms with Crippen molar-refractivity contribution in [1.82, 2.24) is 10.6 Å². The van der Waals surface area contributed by atoms with Crippen LogP contribution in [0, 0.1) is 11.8 Å². The number of rotatable bonds is 4. The predicted molar refractivity (Wildman–Crippen MR) is 103 cm³/mol. The monoisotopic (exact) mass is 374 g/mol. The van der Waals surface area contributed by atoms with Crippen LogP contribution < -0.4 is 20.1 Å². The Morgan fingerprint density at radius 3 is 2.92 bits per heavy atom. The van der Waals surface area contributed by atoms with Crippen molar-refractivity contribution in [2.24, 2.45) is 11.8 Å². The van der Waals surface area contributed by atoms with Gasteiger partial charge in [-0.25, -0.2) is 0 Å². The van der Waals surface area contributed by atoms with Crippen LogP contribution in [0.3, 0.4) is 0 Å². The molecule has 5 nitrogen and oxygen atoms in total. The Bertz CT molecular complexity index is 749. The number of thioether (sulfide) groups is 1. The van der Waals surface area contributed by atoms with E-state index in [9.17, 15) is 4.79 Å². The minimum absolute atomic E-state index is 0.0247. The van der Waals surface area contributed by atoms with Gasteiger partial charge in [0.1, 0.15) is 6.17 Å². The Morgan fingerprint density at radius 1 is 1.31 bits per heavy atom. The molecule has 1 aromatic rings. The van der Waals surface area contributed by atoms with E-state index in [1.165, 1.54) is 16.9 Å². The van der Waals surface area contributed by atoms with Crippen molar-refractivity contribution in [3.63, 3.8) is 0 Å². The summed E-state index contributed by atoms with van der Waals surface area (Å²) in [4.78, 5) is 14.3. The lowest BCUT2D eigenvalue weighted by Crippen LogP contribution is -2.54. The third-order valence-electron chi connectivity index (χ3n) is 5.47. The molecule has 0 bridgehead atoms. The van der Waals surface area contributed by atoms with Crippen LogP contribution >= 0.6 is 11.8 Å². The van der Waals surface area contributed by atoms with Gasteiger partial charge in [0.15, 0.2) is 11.5 Å². The van der Waals surface area contributed by atoms with Crippen LogP contribution in [-0.2, 0) is 4.79 Å². The molecule has 6 heteroatoms. The van der Waals surface area contributed by atoms with Crippen molar-refractivity contribution in [3.05, 3.63) is 34.2 Å². The topological polar surface area (TPSA) is 59.6 Å². The molecule has 0 radical (unpaired) electrons. The summed E-state index contributed by atoms with van der Waals surface area (Å²) in [6.07, 6.45) is 3.15. The molecule has 1 fully saturated rings. The van der Waals surface area contributed by atoms with Crippen molar-refractivity contribution in [1.29, 1.82) is 0 Å². The molecule has 1 saturated heterocycles. The second-order valence-electron chi connectivity index (χ2n) is 7.26. The molecule has 1 amide bonds. The third kappa shape index (κ3) is 3.09. The molecule has 4 rings (SSSR count). The van der Waals surface area contributed by atoms with Crippen LogP contribution in [0.2, 0.25) is 0 Å². The van der Waals surface area contributed by atoms with E-state index in [4.69, 9.17) is 9.47 Å². The Hall–Kier alpha value is -1.66. The minimum Gasteiger partial charge on any atom is -0.493 e. The lowest BCUT2D eigenvalue weighted by Gasteiger charge is -2.35. The molecule has 140 valence electrons. The van der Waals surface area contributed by atoms with Crippen LogP contribution in [0.4, 0.5) is 0 Å². The van der Waals surface area contributed by atoms with Crippen molar-refractivity contribution in [2.45, 2.75) is 44.6 Å². The highest BCUT2D eigenvalue weighted by Gasteiger charge is 2.46. The van der Waals surface area contributed by atoms with Gasteiger partial charge < -0.3 is 14.8 Å². The molecule has 26 heavy (non-hydrogen) atoms. The lowest BCUT2D eigenvalue weighted by molar-refractivity contribution is -0.127. The molecule has 2 heterocycles. The highest BCUT2D eigenvalue weighted by Crippen LogP contribution is 2.50. The number of ether oxygens (including phenoxy) is 2. The van der Waals surface area contributed by atoms with Gasteiger partial charge in [0, 0.05) is 0 Å². The molecule has 2 N–H and O–H groups in total. The zero-order valence-corrected chi connectivity index (χ0v) is 16.3. The first-order valence-electron chi connectivity index (χ1n) is 9.36. The van der Waals surface area contributed by atoms with E-state index in [2.05, 4.69) is 17.6 Å². The SMILES string of the molecule is CCOc1ccc(C2NC(=O)C3C4=C(CC(C)CC4)SC3N2)cc1OC. The van der Waals surface area contributed by atoms with E-state index in [0.717, 1.165) is 30.1 Å². The van der Waals surface area contributed by atoms with E-state index < -0.39 is 0 Å². The number of carbonyl (C=O) groups excluding carboxylic acids is 1. The minimum atomic E-state index is -0.209. The molecule has 0 aromatic heterocycles. The number of carbonyl (C=O) groups is 1. The van der Waals surface area contributed by atoms with E-state index in [1.807, 2.05) is 36.9 Å². The van der Waals surface area contributed by atoms with Crippen molar-refractivity contribution in [2.75, 3.05) is 13.7 Å². The number of fused-ring (bicyclic) bond motifs is 2. The molecular formula is C20H26N2O3S. The second-order valence-corrected chi connectivity index (χ2v) is 8.50. The highest BCUT2D eigenvalue weighted by atomic mass is 32.2. The zero-order chi connectivity index (χ0) is 18.3. The summed E-state index contributed by atoms with van der Waals surface area (Å²) in [6.45, 7) is 4.84. The number of hydrogen-bond donors (Lipinski definition) is 2. The summed E-state index contributed by atoms with van der Waals surface area (Å²) >= 11 is 1.86. The van der Waals surface area contributed by atoms with Crippen LogP contribution in [0.1, 0.15) is 44.8 Å². The summed E-state index contributed by atoms with van der Waals surface area (Å²) in [6, 6.07) is 5.84. The average molecular weight is 375 g/mol. The van der Waals surface area contributed by atoms with Crippen LogP contribution in [0.5, 0.6) is 11.5 Å². The van der Waals surface area contributed by atoms with Gasteiger partial charge in [0.25, 0.3) is 0 Å². The molecule has 2 aliphatic heterocycles. The molecule has 0 saturated carbocycles. The fraction of sp³-hybridized carbons (Fsp3) is 0.550. The first-order valence-corrected chi connectivity index (χ1v) is 10.2. The number of benzene rings is 1. The smallest absolute Gasteiger partial charge is 0.231 e. The number of methoxy groups -OCH3 is 1. The second kappa shape index (κ2) is 7.16. The van der Waals surface area contributed by atoms with Crippen LogP contribution in [-0.4, -0.2) is 25.0 Å². The van der Waals surface area contributed by atoms with E-state index in [-0.39, 0.29) is 23.4 Å². The number of allylic oxidation sites excluding steroid dienone is 1. The molecule has 3 aliphatic rings. The number of hydrogen-bond acceptors (Lipinski definition) is 5. The first-order chi connectivity index (χ1) is 12.6. The molecule has 0 spiro atoms. The first kappa shape index (κ1) is 17.7. The fourth-order valence-electron chi connectivity index (χ4n) is 4.13. The summed E-state index contributed by atoms with van der Waals surface area (Å²) in [7, 11) is 1.64. The van der Waals surface area contributed by atoms with Crippen molar-refractivity contribution >= 4 is 17.7 Å². The van der Waals surface area contributed by atoms with Gasteiger partial charge in [-0.15, -0.1) is 11.8 Å². The van der Waals surface area contributed by atoms with E-state index in [0.29, 0.717) is 12.4 Å². The fourth-order valence-corrected chi connectivity index (χ4v) is 5.83. The lowest BCUT2D eigenvalue weighted by atomic mass is 9.83. The van der Waals surface area contributed by atoms with Crippen molar-refractivity contribution in [3.8, 4) is 11.5 Å². The van der Waals surface area contributed by atoms with Gasteiger partial charge in [0.2, 0.25) is 5.91 Å². The predicted octanol–water partition coefficient (Wildman–Crippen LogP) is 3.58. The molecule has 1 aliphatic carbocycles. The molecular weight excluding hydrogens is 348 g/mol. The Labute approximate surface area is 158 Å². The Morgan fingerprint density at radius 2 is 2.15 bits per heavy atom. The average Bonchev–Trinajstić information content (AvgIpc) is 3.00. The van der Waals surface area contributed by atoms with Gasteiger partial charge in [-0.1, -0.05) is 13.0 Å². The quantitative estimate of drug-likeness (QED) is 0.844. The molecule has 4 unspecified atom stereocenters.